The molecule has 116 valence electrons. The van der Waals surface area contributed by atoms with Crippen molar-refractivity contribution >= 4 is 5.91 Å². The zero-order valence-electron chi connectivity index (χ0n) is 13.1. The number of hydrogen-bond acceptors (Lipinski definition) is 4. The highest BCUT2D eigenvalue weighted by molar-refractivity contribution is 5.76. The van der Waals surface area contributed by atoms with Crippen molar-refractivity contribution in [3.8, 4) is 11.5 Å². The highest BCUT2D eigenvalue weighted by Gasteiger charge is 2.28. The SMILES string of the molecule is CCC(=O)N1CCC[C@H](c2nnc(-c3ccccc3C)o2)C1. The topological polar surface area (TPSA) is 59.2 Å². The van der Waals surface area contributed by atoms with E-state index < -0.39 is 0 Å². The average Bonchev–Trinajstić information content (AvgIpc) is 3.04. The Morgan fingerprint density at radius 3 is 2.95 bits per heavy atom. The number of carbonyl (C=O) groups is 1. The lowest BCUT2D eigenvalue weighted by Crippen LogP contribution is -2.38. The van der Waals surface area contributed by atoms with Gasteiger partial charge in [0.2, 0.25) is 17.7 Å². The molecule has 1 fully saturated rings. The Hall–Kier alpha value is -2.17. The smallest absolute Gasteiger partial charge is 0.248 e. The number of benzene rings is 1. The van der Waals surface area contributed by atoms with Gasteiger partial charge in [-0.3, -0.25) is 4.79 Å². The minimum absolute atomic E-state index is 0.148. The molecule has 22 heavy (non-hydrogen) atoms. The van der Waals surface area contributed by atoms with Crippen LogP contribution in [0.2, 0.25) is 0 Å². The molecule has 0 N–H and O–H groups in total. The van der Waals surface area contributed by atoms with Crippen molar-refractivity contribution in [1.29, 1.82) is 0 Å². The zero-order valence-corrected chi connectivity index (χ0v) is 13.1. The first-order chi connectivity index (χ1) is 10.7. The Bertz CT molecular complexity index is 665. The number of aromatic nitrogens is 2. The third-order valence-electron chi connectivity index (χ3n) is 4.24. The van der Waals surface area contributed by atoms with Crippen molar-refractivity contribution < 1.29 is 9.21 Å². The molecular formula is C17H21N3O2. The second-order valence-electron chi connectivity index (χ2n) is 5.79. The standard InChI is InChI=1S/C17H21N3O2/c1-3-15(21)20-10-6-8-13(11-20)16-18-19-17(22-16)14-9-5-4-7-12(14)2/h4-5,7,9,13H,3,6,8,10-11H2,1-2H3/t13-/m0/s1. The van der Waals surface area contributed by atoms with Crippen LogP contribution in [0.5, 0.6) is 0 Å². The first-order valence-corrected chi connectivity index (χ1v) is 7.86. The van der Waals surface area contributed by atoms with Crippen molar-refractivity contribution in [2.75, 3.05) is 13.1 Å². The summed E-state index contributed by atoms with van der Waals surface area (Å²) in [4.78, 5) is 13.8. The second-order valence-corrected chi connectivity index (χ2v) is 5.79. The summed E-state index contributed by atoms with van der Waals surface area (Å²) in [6.45, 7) is 5.44. The van der Waals surface area contributed by atoms with E-state index in [9.17, 15) is 4.79 Å². The second kappa shape index (κ2) is 6.30. The summed E-state index contributed by atoms with van der Waals surface area (Å²) < 4.78 is 5.89. The first-order valence-electron chi connectivity index (χ1n) is 7.86. The maximum Gasteiger partial charge on any atom is 0.248 e. The summed E-state index contributed by atoms with van der Waals surface area (Å²) in [6.07, 6.45) is 2.52. The van der Waals surface area contributed by atoms with E-state index in [-0.39, 0.29) is 11.8 Å². The Balaban J connectivity index is 1.79. The molecule has 1 aliphatic heterocycles. The van der Waals surface area contributed by atoms with Gasteiger partial charge in [0.15, 0.2) is 0 Å². The van der Waals surface area contributed by atoms with Crippen LogP contribution in [0.25, 0.3) is 11.5 Å². The maximum absolute atomic E-state index is 11.9. The van der Waals surface area contributed by atoms with Gasteiger partial charge in [-0.15, -0.1) is 10.2 Å². The fourth-order valence-corrected chi connectivity index (χ4v) is 2.95. The Kier molecular flexibility index (Phi) is 4.22. The third-order valence-corrected chi connectivity index (χ3v) is 4.24. The molecule has 1 aromatic carbocycles. The van der Waals surface area contributed by atoms with Crippen molar-refractivity contribution in [3.05, 3.63) is 35.7 Å². The molecule has 1 saturated heterocycles. The highest BCUT2D eigenvalue weighted by atomic mass is 16.4. The molecule has 0 radical (unpaired) electrons. The van der Waals surface area contributed by atoms with Crippen LogP contribution in [-0.4, -0.2) is 34.1 Å². The maximum atomic E-state index is 11.9. The lowest BCUT2D eigenvalue weighted by molar-refractivity contribution is -0.132. The zero-order chi connectivity index (χ0) is 15.5. The molecule has 5 nitrogen and oxygen atoms in total. The summed E-state index contributed by atoms with van der Waals surface area (Å²) in [5.74, 6) is 1.55. The number of likely N-dealkylation sites (tertiary alicyclic amines) is 1. The van der Waals surface area contributed by atoms with Crippen LogP contribution in [0.1, 0.15) is 43.6 Å². The Morgan fingerprint density at radius 2 is 2.18 bits per heavy atom. The molecule has 0 bridgehead atoms. The molecule has 1 aliphatic rings. The molecule has 0 unspecified atom stereocenters. The van der Waals surface area contributed by atoms with E-state index in [0.29, 0.717) is 24.7 Å². The molecule has 0 aliphatic carbocycles. The summed E-state index contributed by atoms with van der Waals surface area (Å²) in [5, 5.41) is 8.41. The van der Waals surface area contributed by atoms with E-state index in [1.165, 1.54) is 0 Å². The quantitative estimate of drug-likeness (QED) is 0.873. The normalized spacial score (nSPS) is 18.5. The van der Waals surface area contributed by atoms with Crippen molar-refractivity contribution in [3.63, 3.8) is 0 Å². The minimum Gasteiger partial charge on any atom is -0.420 e. The molecule has 1 aromatic heterocycles. The van der Waals surface area contributed by atoms with Gasteiger partial charge in [-0.05, 0) is 31.4 Å². The number of aryl methyl sites for hydroxylation is 1. The number of amides is 1. The first kappa shape index (κ1) is 14.8. The summed E-state index contributed by atoms with van der Waals surface area (Å²) in [5.41, 5.74) is 2.09. The number of carbonyl (C=O) groups excluding carboxylic acids is 1. The van der Waals surface area contributed by atoms with Gasteiger partial charge in [0, 0.05) is 25.1 Å². The largest absolute Gasteiger partial charge is 0.420 e. The predicted octanol–water partition coefficient (Wildman–Crippen LogP) is 3.16. The van der Waals surface area contributed by atoms with Crippen molar-refractivity contribution in [2.24, 2.45) is 0 Å². The molecule has 0 saturated carbocycles. The molecule has 2 heterocycles. The van der Waals surface area contributed by atoms with Crippen LogP contribution in [0, 0.1) is 6.92 Å². The minimum atomic E-state index is 0.148. The number of rotatable bonds is 3. The molecule has 1 atom stereocenters. The van der Waals surface area contributed by atoms with E-state index in [2.05, 4.69) is 10.2 Å². The number of piperidine rings is 1. The van der Waals surface area contributed by atoms with Crippen LogP contribution in [0.4, 0.5) is 0 Å². The van der Waals surface area contributed by atoms with Gasteiger partial charge in [0.05, 0.1) is 5.92 Å². The number of nitrogens with zero attached hydrogens (tertiary/aromatic N) is 3. The van der Waals surface area contributed by atoms with Gasteiger partial charge in [0.25, 0.3) is 0 Å². The predicted molar refractivity (Wildman–Crippen MR) is 83.3 cm³/mol. The van der Waals surface area contributed by atoms with Crippen molar-refractivity contribution in [1.82, 2.24) is 15.1 Å². The lowest BCUT2D eigenvalue weighted by atomic mass is 9.98. The molecule has 5 heteroatoms. The van der Waals surface area contributed by atoms with Gasteiger partial charge in [0.1, 0.15) is 0 Å². The van der Waals surface area contributed by atoms with E-state index in [1.807, 2.05) is 43.0 Å². The van der Waals surface area contributed by atoms with Gasteiger partial charge in [-0.25, -0.2) is 0 Å². The summed E-state index contributed by atoms with van der Waals surface area (Å²) in [6, 6.07) is 7.97. The van der Waals surface area contributed by atoms with E-state index in [4.69, 9.17) is 4.42 Å². The van der Waals surface area contributed by atoms with Crippen LogP contribution in [0.3, 0.4) is 0 Å². The Labute approximate surface area is 130 Å². The van der Waals surface area contributed by atoms with Crippen molar-refractivity contribution in [2.45, 2.75) is 39.0 Å². The van der Waals surface area contributed by atoms with Gasteiger partial charge in [-0.2, -0.15) is 0 Å². The van der Waals surface area contributed by atoms with E-state index in [1.54, 1.807) is 0 Å². The van der Waals surface area contributed by atoms with E-state index >= 15 is 0 Å². The van der Waals surface area contributed by atoms with Crippen LogP contribution >= 0.6 is 0 Å². The fourth-order valence-electron chi connectivity index (χ4n) is 2.95. The fraction of sp³-hybridized carbons (Fsp3) is 0.471. The monoisotopic (exact) mass is 299 g/mol. The highest BCUT2D eigenvalue weighted by Crippen LogP contribution is 2.29. The average molecular weight is 299 g/mol. The van der Waals surface area contributed by atoms with Gasteiger partial charge in [-0.1, -0.05) is 25.1 Å². The molecule has 2 aromatic rings. The molecule has 3 rings (SSSR count). The number of hydrogen-bond donors (Lipinski definition) is 0. The van der Waals surface area contributed by atoms with Crippen LogP contribution in [0.15, 0.2) is 28.7 Å². The van der Waals surface area contributed by atoms with Crippen LogP contribution in [-0.2, 0) is 4.79 Å². The third kappa shape index (κ3) is 2.89. The summed E-state index contributed by atoms with van der Waals surface area (Å²) >= 11 is 0. The van der Waals surface area contributed by atoms with E-state index in [0.717, 1.165) is 30.5 Å². The Morgan fingerprint density at radius 1 is 1.36 bits per heavy atom. The van der Waals surface area contributed by atoms with Gasteiger partial charge >= 0.3 is 0 Å². The van der Waals surface area contributed by atoms with Gasteiger partial charge < -0.3 is 9.32 Å². The van der Waals surface area contributed by atoms with Crippen LogP contribution < -0.4 is 0 Å². The molecular weight excluding hydrogens is 278 g/mol. The molecule has 0 spiro atoms. The molecule has 1 amide bonds. The lowest BCUT2D eigenvalue weighted by Gasteiger charge is -2.30. The summed E-state index contributed by atoms with van der Waals surface area (Å²) in [7, 11) is 0.